The Morgan fingerprint density at radius 3 is 2.74 bits per heavy atom. The summed E-state index contributed by atoms with van der Waals surface area (Å²) >= 11 is 1.36. The first-order chi connectivity index (χ1) is 13.0. The van der Waals surface area contributed by atoms with Crippen LogP contribution in [0.15, 0.2) is 29.6 Å². The quantitative estimate of drug-likeness (QED) is 0.788. The molecule has 27 heavy (non-hydrogen) atoms. The van der Waals surface area contributed by atoms with E-state index in [0.29, 0.717) is 29.6 Å². The summed E-state index contributed by atoms with van der Waals surface area (Å²) in [5.41, 5.74) is 1.35. The lowest BCUT2D eigenvalue weighted by atomic mass is 10.1. The molecule has 0 bridgehead atoms. The minimum absolute atomic E-state index is 0.0397. The standard InChI is InChI=1S/C19H23N3O4S/c1-13-12-27-19(20-13)21-17(23)11-22(10-16-4-3-9-26-16)18(24)14-5-7-15(25-2)8-6-14/h5-8,12,16H,3-4,9-11H2,1-2H3,(H,20,21,23). The molecule has 2 amide bonds. The van der Waals surface area contributed by atoms with Gasteiger partial charge in [-0.2, -0.15) is 0 Å². The van der Waals surface area contributed by atoms with Gasteiger partial charge in [0.15, 0.2) is 5.13 Å². The van der Waals surface area contributed by atoms with Gasteiger partial charge < -0.3 is 19.7 Å². The van der Waals surface area contributed by atoms with Crippen LogP contribution in [0.4, 0.5) is 5.13 Å². The van der Waals surface area contributed by atoms with Crippen LogP contribution in [0.25, 0.3) is 0 Å². The number of benzene rings is 1. The van der Waals surface area contributed by atoms with E-state index in [1.807, 2.05) is 12.3 Å². The maximum Gasteiger partial charge on any atom is 0.254 e. The summed E-state index contributed by atoms with van der Waals surface area (Å²) < 4.78 is 10.8. The summed E-state index contributed by atoms with van der Waals surface area (Å²) in [6.07, 6.45) is 1.82. The zero-order valence-corrected chi connectivity index (χ0v) is 16.3. The average molecular weight is 389 g/mol. The fourth-order valence-electron chi connectivity index (χ4n) is 2.91. The molecule has 2 aromatic rings. The third-order valence-electron chi connectivity index (χ3n) is 4.27. The Balaban J connectivity index is 1.70. The highest BCUT2D eigenvalue weighted by atomic mass is 32.1. The number of hydrogen-bond acceptors (Lipinski definition) is 6. The van der Waals surface area contributed by atoms with Crippen LogP contribution in [0.2, 0.25) is 0 Å². The number of nitrogens with zero attached hydrogens (tertiary/aromatic N) is 2. The van der Waals surface area contributed by atoms with Crippen molar-refractivity contribution >= 4 is 28.3 Å². The molecule has 1 atom stereocenters. The largest absolute Gasteiger partial charge is 0.497 e. The van der Waals surface area contributed by atoms with Crippen molar-refractivity contribution in [3.8, 4) is 5.75 Å². The lowest BCUT2D eigenvalue weighted by molar-refractivity contribution is -0.117. The number of thiazole rings is 1. The smallest absolute Gasteiger partial charge is 0.254 e. The zero-order valence-electron chi connectivity index (χ0n) is 15.4. The molecule has 1 N–H and O–H groups in total. The minimum atomic E-state index is -0.274. The number of carbonyl (C=O) groups is 2. The molecule has 1 aliphatic heterocycles. The summed E-state index contributed by atoms with van der Waals surface area (Å²) in [5.74, 6) is 0.192. The highest BCUT2D eigenvalue weighted by Gasteiger charge is 2.25. The van der Waals surface area contributed by atoms with Gasteiger partial charge in [0.25, 0.3) is 5.91 Å². The fourth-order valence-corrected chi connectivity index (χ4v) is 3.62. The Morgan fingerprint density at radius 2 is 2.15 bits per heavy atom. The molecule has 3 rings (SSSR count). The van der Waals surface area contributed by atoms with Gasteiger partial charge in [0, 0.05) is 24.1 Å². The second kappa shape index (κ2) is 8.96. The van der Waals surface area contributed by atoms with E-state index >= 15 is 0 Å². The van der Waals surface area contributed by atoms with Crippen LogP contribution < -0.4 is 10.1 Å². The second-order valence-electron chi connectivity index (χ2n) is 6.39. The molecule has 1 aliphatic rings. The average Bonchev–Trinajstić information content (AvgIpc) is 3.32. The SMILES string of the molecule is COc1ccc(C(=O)N(CC(=O)Nc2nc(C)cs2)CC2CCCO2)cc1. The van der Waals surface area contributed by atoms with Crippen molar-refractivity contribution in [1.29, 1.82) is 0 Å². The Hall–Kier alpha value is -2.45. The van der Waals surface area contributed by atoms with Crippen molar-refractivity contribution in [2.75, 3.05) is 32.1 Å². The first kappa shape index (κ1) is 19.3. The van der Waals surface area contributed by atoms with Gasteiger partial charge in [-0.25, -0.2) is 4.98 Å². The zero-order chi connectivity index (χ0) is 19.2. The summed E-state index contributed by atoms with van der Waals surface area (Å²) in [5, 5.41) is 5.15. The summed E-state index contributed by atoms with van der Waals surface area (Å²) in [6, 6.07) is 6.86. The Kier molecular flexibility index (Phi) is 6.41. The topological polar surface area (TPSA) is 80.8 Å². The lowest BCUT2D eigenvalue weighted by Crippen LogP contribution is -2.42. The predicted molar refractivity (Wildman–Crippen MR) is 103 cm³/mol. The van der Waals surface area contributed by atoms with E-state index in [-0.39, 0.29) is 24.5 Å². The number of methoxy groups -OCH3 is 1. The van der Waals surface area contributed by atoms with Crippen LogP contribution in [-0.2, 0) is 9.53 Å². The maximum atomic E-state index is 13.0. The second-order valence-corrected chi connectivity index (χ2v) is 7.25. The molecule has 1 fully saturated rings. The minimum Gasteiger partial charge on any atom is -0.497 e. The number of aromatic nitrogens is 1. The molecule has 2 heterocycles. The van der Waals surface area contributed by atoms with E-state index in [4.69, 9.17) is 9.47 Å². The van der Waals surface area contributed by atoms with Crippen molar-refractivity contribution < 1.29 is 19.1 Å². The molecule has 144 valence electrons. The van der Waals surface area contributed by atoms with Gasteiger partial charge in [-0.15, -0.1) is 11.3 Å². The lowest BCUT2D eigenvalue weighted by Gasteiger charge is -2.25. The van der Waals surface area contributed by atoms with Gasteiger partial charge in [-0.1, -0.05) is 0 Å². The number of rotatable bonds is 7. The molecular formula is C19H23N3O4S. The molecule has 1 saturated heterocycles. The van der Waals surface area contributed by atoms with Crippen LogP contribution in [0, 0.1) is 6.92 Å². The molecule has 1 aromatic carbocycles. The Labute approximate surface area is 162 Å². The van der Waals surface area contributed by atoms with Gasteiger partial charge in [-0.05, 0) is 44.0 Å². The first-order valence-corrected chi connectivity index (χ1v) is 9.70. The Bertz CT molecular complexity index is 785. The normalized spacial score (nSPS) is 16.1. The number of aryl methyl sites for hydroxylation is 1. The molecule has 7 nitrogen and oxygen atoms in total. The van der Waals surface area contributed by atoms with Gasteiger partial charge >= 0.3 is 0 Å². The van der Waals surface area contributed by atoms with E-state index in [1.165, 1.54) is 16.2 Å². The maximum absolute atomic E-state index is 13.0. The van der Waals surface area contributed by atoms with Crippen LogP contribution >= 0.6 is 11.3 Å². The molecule has 0 spiro atoms. The number of ether oxygens (including phenoxy) is 2. The van der Waals surface area contributed by atoms with Crippen molar-refractivity contribution in [2.24, 2.45) is 0 Å². The third kappa shape index (κ3) is 5.27. The molecule has 0 radical (unpaired) electrons. The molecule has 0 aliphatic carbocycles. The van der Waals surface area contributed by atoms with Crippen molar-refractivity contribution in [3.63, 3.8) is 0 Å². The number of carbonyl (C=O) groups excluding carboxylic acids is 2. The predicted octanol–water partition coefficient (Wildman–Crippen LogP) is 2.72. The van der Waals surface area contributed by atoms with E-state index in [2.05, 4.69) is 10.3 Å². The first-order valence-electron chi connectivity index (χ1n) is 8.82. The van der Waals surface area contributed by atoms with Gasteiger partial charge in [0.05, 0.1) is 18.9 Å². The molecule has 1 unspecified atom stereocenters. The summed E-state index contributed by atoms with van der Waals surface area (Å²) in [7, 11) is 1.57. The number of hydrogen-bond donors (Lipinski definition) is 1. The van der Waals surface area contributed by atoms with Crippen molar-refractivity contribution in [1.82, 2.24) is 9.88 Å². The van der Waals surface area contributed by atoms with Crippen LogP contribution in [0.1, 0.15) is 28.9 Å². The molecule has 0 saturated carbocycles. The van der Waals surface area contributed by atoms with Crippen molar-refractivity contribution in [2.45, 2.75) is 25.9 Å². The summed E-state index contributed by atoms with van der Waals surface area (Å²) in [6.45, 7) is 2.89. The van der Waals surface area contributed by atoms with Crippen LogP contribution in [0.3, 0.4) is 0 Å². The van der Waals surface area contributed by atoms with Crippen molar-refractivity contribution in [3.05, 3.63) is 40.9 Å². The summed E-state index contributed by atoms with van der Waals surface area (Å²) in [4.78, 5) is 31.2. The molecule has 8 heteroatoms. The van der Waals surface area contributed by atoms with Gasteiger partial charge in [0.2, 0.25) is 5.91 Å². The fraction of sp³-hybridized carbons (Fsp3) is 0.421. The van der Waals surface area contributed by atoms with Gasteiger partial charge in [0.1, 0.15) is 12.3 Å². The number of amides is 2. The van der Waals surface area contributed by atoms with Crippen LogP contribution in [0.5, 0.6) is 5.75 Å². The highest BCUT2D eigenvalue weighted by Crippen LogP contribution is 2.18. The molecular weight excluding hydrogens is 366 g/mol. The van der Waals surface area contributed by atoms with E-state index in [9.17, 15) is 9.59 Å². The highest BCUT2D eigenvalue weighted by molar-refractivity contribution is 7.13. The van der Waals surface area contributed by atoms with Crippen LogP contribution in [-0.4, -0.2) is 54.6 Å². The number of anilines is 1. The van der Waals surface area contributed by atoms with E-state index in [1.54, 1.807) is 31.4 Å². The Morgan fingerprint density at radius 1 is 1.37 bits per heavy atom. The van der Waals surface area contributed by atoms with E-state index < -0.39 is 0 Å². The monoisotopic (exact) mass is 389 g/mol. The van der Waals surface area contributed by atoms with E-state index in [0.717, 1.165) is 18.5 Å². The number of nitrogens with one attached hydrogen (secondary N) is 1. The third-order valence-corrected chi connectivity index (χ3v) is 5.15. The van der Waals surface area contributed by atoms with Gasteiger partial charge in [-0.3, -0.25) is 9.59 Å². The molecule has 1 aromatic heterocycles.